The molecule has 0 spiro atoms. The second kappa shape index (κ2) is 4.38. The molecule has 0 aliphatic heterocycles. The molecule has 0 saturated heterocycles. The SMILES string of the molecule is Clc1ccncc1NC1Cc2ccccc2C1. The molecule has 0 unspecified atom stereocenters. The molecule has 1 aromatic heterocycles. The molecular formula is C14H13ClN2. The van der Waals surface area contributed by atoms with E-state index in [1.165, 1.54) is 11.1 Å². The highest BCUT2D eigenvalue weighted by Crippen LogP contribution is 2.26. The Morgan fingerprint density at radius 1 is 1.12 bits per heavy atom. The minimum atomic E-state index is 0.425. The lowest BCUT2D eigenvalue weighted by Gasteiger charge is -2.14. The molecule has 1 aliphatic rings. The summed E-state index contributed by atoms with van der Waals surface area (Å²) in [4.78, 5) is 4.09. The fraction of sp³-hybridized carbons (Fsp3) is 0.214. The maximum Gasteiger partial charge on any atom is 0.0718 e. The topological polar surface area (TPSA) is 24.9 Å². The summed E-state index contributed by atoms with van der Waals surface area (Å²) in [5.74, 6) is 0. The lowest BCUT2D eigenvalue weighted by Crippen LogP contribution is -2.19. The Morgan fingerprint density at radius 3 is 2.47 bits per heavy atom. The number of hydrogen-bond acceptors (Lipinski definition) is 2. The molecule has 0 fully saturated rings. The largest absolute Gasteiger partial charge is 0.379 e. The molecule has 86 valence electrons. The van der Waals surface area contributed by atoms with E-state index in [-0.39, 0.29) is 0 Å². The number of fused-ring (bicyclic) bond motifs is 1. The van der Waals surface area contributed by atoms with E-state index in [1.54, 1.807) is 12.4 Å². The Balaban J connectivity index is 1.76. The number of anilines is 1. The van der Waals surface area contributed by atoms with Crippen molar-refractivity contribution < 1.29 is 0 Å². The van der Waals surface area contributed by atoms with E-state index in [2.05, 4.69) is 34.6 Å². The Labute approximate surface area is 106 Å². The molecular weight excluding hydrogens is 232 g/mol. The van der Waals surface area contributed by atoms with E-state index in [9.17, 15) is 0 Å². The fourth-order valence-electron chi connectivity index (χ4n) is 2.36. The van der Waals surface area contributed by atoms with Gasteiger partial charge in [0, 0.05) is 12.2 Å². The number of halogens is 1. The summed E-state index contributed by atoms with van der Waals surface area (Å²) in [6.45, 7) is 0. The summed E-state index contributed by atoms with van der Waals surface area (Å²) in [5, 5.41) is 4.19. The van der Waals surface area contributed by atoms with E-state index in [0.29, 0.717) is 6.04 Å². The van der Waals surface area contributed by atoms with Crippen molar-refractivity contribution in [2.45, 2.75) is 18.9 Å². The number of hydrogen-bond donors (Lipinski definition) is 1. The van der Waals surface area contributed by atoms with Gasteiger partial charge >= 0.3 is 0 Å². The molecule has 0 atom stereocenters. The van der Waals surface area contributed by atoms with Gasteiger partial charge in [0.15, 0.2) is 0 Å². The lowest BCUT2D eigenvalue weighted by molar-refractivity contribution is 0.773. The van der Waals surface area contributed by atoms with Gasteiger partial charge < -0.3 is 5.32 Å². The van der Waals surface area contributed by atoms with Crippen LogP contribution < -0.4 is 5.32 Å². The van der Waals surface area contributed by atoms with Gasteiger partial charge in [-0.2, -0.15) is 0 Å². The molecule has 1 aromatic carbocycles. The van der Waals surface area contributed by atoms with E-state index in [1.807, 2.05) is 6.07 Å². The second-order valence-corrected chi connectivity index (χ2v) is 4.78. The first kappa shape index (κ1) is 10.6. The van der Waals surface area contributed by atoms with Crippen LogP contribution in [0, 0.1) is 0 Å². The molecule has 3 heteroatoms. The Hall–Kier alpha value is -1.54. The molecule has 17 heavy (non-hydrogen) atoms. The first-order chi connectivity index (χ1) is 8.33. The van der Waals surface area contributed by atoms with Gasteiger partial charge in [-0.3, -0.25) is 4.98 Å². The van der Waals surface area contributed by atoms with Crippen LogP contribution in [0.4, 0.5) is 5.69 Å². The van der Waals surface area contributed by atoms with Crippen molar-refractivity contribution in [3.8, 4) is 0 Å². The summed E-state index contributed by atoms with van der Waals surface area (Å²) >= 11 is 6.11. The predicted octanol–water partition coefficient (Wildman–Crippen LogP) is 3.31. The first-order valence-electron chi connectivity index (χ1n) is 5.76. The standard InChI is InChI=1S/C14H13ClN2/c15-13-5-6-16-9-14(13)17-12-7-10-3-1-2-4-11(10)8-12/h1-6,9,12,17H,7-8H2. The van der Waals surface area contributed by atoms with Crippen molar-refractivity contribution >= 4 is 17.3 Å². The van der Waals surface area contributed by atoms with Crippen LogP contribution in [0.1, 0.15) is 11.1 Å². The van der Waals surface area contributed by atoms with Crippen molar-refractivity contribution in [1.82, 2.24) is 4.98 Å². The zero-order chi connectivity index (χ0) is 11.7. The zero-order valence-corrected chi connectivity index (χ0v) is 10.1. The monoisotopic (exact) mass is 244 g/mol. The van der Waals surface area contributed by atoms with Crippen LogP contribution in [0.5, 0.6) is 0 Å². The van der Waals surface area contributed by atoms with Crippen molar-refractivity contribution in [2.24, 2.45) is 0 Å². The van der Waals surface area contributed by atoms with Gasteiger partial charge in [-0.25, -0.2) is 0 Å². The third kappa shape index (κ3) is 2.13. The summed E-state index contributed by atoms with van der Waals surface area (Å²) in [6.07, 6.45) is 5.60. The third-order valence-corrected chi connectivity index (χ3v) is 3.51. The molecule has 0 radical (unpaired) electrons. The molecule has 2 nitrogen and oxygen atoms in total. The predicted molar refractivity (Wildman–Crippen MR) is 70.5 cm³/mol. The molecule has 0 bridgehead atoms. The van der Waals surface area contributed by atoms with Crippen LogP contribution in [0.25, 0.3) is 0 Å². The summed E-state index contributed by atoms with van der Waals surface area (Å²) < 4.78 is 0. The van der Waals surface area contributed by atoms with Gasteiger partial charge in [-0.1, -0.05) is 35.9 Å². The van der Waals surface area contributed by atoms with Gasteiger partial charge in [-0.05, 0) is 30.0 Å². The highest BCUT2D eigenvalue weighted by atomic mass is 35.5. The molecule has 0 amide bonds. The van der Waals surface area contributed by atoms with Gasteiger partial charge in [0.05, 0.1) is 16.9 Å². The number of rotatable bonds is 2. The molecule has 3 rings (SSSR count). The maximum atomic E-state index is 6.11. The molecule has 2 aromatic rings. The summed E-state index contributed by atoms with van der Waals surface area (Å²) in [6, 6.07) is 10.8. The highest BCUT2D eigenvalue weighted by molar-refractivity contribution is 6.33. The van der Waals surface area contributed by atoms with E-state index in [0.717, 1.165) is 23.6 Å². The van der Waals surface area contributed by atoms with Gasteiger partial charge in [0.25, 0.3) is 0 Å². The van der Waals surface area contributed by atoms with Crippen molar-refractivity contribution in [2.75, 3.05) is 5.32 Å². The number of pyridine rings is 1. The van der Waals surface area contributed by atoms with Crippen molar-refractivity contribution in [1.29, 1.82) is 0 Å². The average Bonchev–Trinajstić information content (AvgIpc) is 2.74. The fourth-order valence-corrected chi connectivity index (χ4v) is 2.52. The van der Waals surface area contributed by atoms with Crippen LogP contribution >= 0.6 is 11.6 Å². The molecule has 1 N–H and O–H groups in total. The minimum Gasteiger partial charge on any atom is -0.379 e. The Kier molecular flexibility index (Phi) is 2.73. The van der Waals surface area contributed by atoms with Crippen LogP contribution in [0.15, 0.2) is 42.7 Å². The lowest BCUT2D eigenvalue weighted by atomic mass is 10.1. The Bertz CT molecular complexity index is 514. The number of benzene rings is 1. The summed E-state index contributed by atoms with van der Waals surface area (Å²) in [7, 11) is 0. The van der Waals surface area contributed by atoms with Crippen LogP contribution in [0.3, 0.4) is 0 Å². The van der Waals surface area contributed by atoms with Crippen molar-refractivity contribution in [3.05, 3.63) is 58.9 Å². The van der Waals surface area contributed by atoms with Crippen LogP contribution in [-0.2, 0) is 12.8 Å². The van der Waals surface area contributed by atoms with Gasteiger partial charge in [0.1, 0.15) is 0 Å². The quantitative estimate of drug-likeness (QED) is 0.877. The molecule has 1 heterocycles. The van der Waals surface area contributed by atoms with Crippen LogP contribution in [0.2, 0.25) is 5.02 Å². The number of nitrogens with zero attached hydrogens (tertiary/aromatic N) is 1. The first-order valence-corrected chi connectivity index (χ1v) is 6.13. The van der Waals surface area contributed by atoms with Gasteiger partial charge in [-0.15, -0.1) is 0 Å². The smallest absolute Gasteiger partial charge is 0.0718 e. The molecule has 0 saturated carbocycles. The normalized spacial score (nSPS) is 14.6. The Morgan fingerprint density at radius 2 is 1.82 bits per heavy atom. The molecule has 1 aliphatic carbocycles. The van der Waals surface area contributed by atoms with E-state index >= 15 is 0 Å². The number of nitrogens with one attached hydrogen (secondary N) is 1. The van der Waals surface area contributed by atoms with E-state index in [4.69, 9.17) is 11.6 Å². The van der Waals surface area contributed by atoms with Crippen LogP contribution in [-0.4, -0.2) is 11.0 Å². The number of aromatic nitrogens is 1. The second-order valence-electron chi connectivity index (χ2n) is 4.37. The van der Waals surface area contributed by atoms with Gasteiger partial charge in [0.2, 0.25) is 0 Å². The van der Waals surface area contributed by atoms with E-state index < -0.39 is 0 Å². The zero-order valence-electron chi connectivity index (χ0n) is 9.36. The average molecular weight is 245 g/mol. The maximum absolute atomic E-state index is 6.11. The van der Waals surface area contributed by atoms with Crippen molar-refractivity contribution in [3.63, 3.8) is 0 Å². The minimum absolute atomic E-state index is 0.425. The summed E-state index contributed by atoms with van der Waals surface area (Å²) in [5.41, 5.74) is 3.79. The third-order valence-electron chi connectivity index (χ3n) is 3.18. The highest BCUT2D eigenvalue weighted by Gasteiger charge is 2.21.